The number of furan rings is 1. The first kappa shape index (κ1) is 12.9. The maximum atomic E-state index is 5.37. The quantitative estimate of drug-likeness (QED) is 0.818. The second-order valence-corrected chi connectivity index (χ2v) is 4.44. The first-order chi connectivity index (χ1) is 8.85. The zero-order valence-electron chi connectivity index (χ0n) is 11.1. The molecule has 0 aliphatic rings. The van der Waals surface area contributed by atoms with Crippen molar-refractivity contribution in [2.45, 2.75) is 38.8 Å². The summed E-state index contributed by atoms with van der Waals surface area (Å²) in [5.74, 6) is 2.15. The zero-order valence-corrected chi connectivity index (χ0v) is 11.1. The molecule has 18 heavy (non-hydrogen) atoms. The lowest BCUT2D eigenvalue weighted by Gasteiger charge is -2.16. The van der Waals surface area contributed by atoms with E-state index in [9.17, 15) is 0 Å². The van der Waals surface area contributed by atoms with Gasteiger partial charge in [-0.15, -0.1) is 0 Å². The Kier molecular flexibility index (Phi) is 4.59. The molecule has 2 heterocycles. The molecule has 2 aromatic rings. The van der Waals surface area contributed by atoms with E-state index in [1.165, 1.54) is 0 Å². The van der Waals surface area contributed by atoms with Crippen LogP contribution in [-0.4, -0.2) is 16.6 Å². The van der Waals surface area contributed by atoms with Gasteiger partial charge in [-0.3, -0.25) is 0 Å². The van der Waals surface area contributed by atoms with Crippen LogP contribution in [0.15, 0.2) is 35.2 Å². The second kappa shape index (κ2) is 6.40. The molecule has 0 saturated heterocycles. The van der Waals surface area contributed by atoms with Crippen LogP contribution in [0.2, 0.25) is 0 Å². The Morgan fingerprint density at radius 2 is 2.39 bits per heavy atom. The predicted octanol–water partition coefficient (Wildman–Crippen LogP) is 2.78. The molecule has 2 aromatic heterocycles. The zero-order chi connectivity index (χ0) is 12.8. The topological polar surface area (TPSA) is 43.0 Å². The van der Waals surface area contributed by atoms with Gasteiger partial charge in [0.25, 0.3) is 0 Å². The molecule has 4 heteroatoms. The van der Waals surface area contributed by atoms with Gasteiger partial charge >= 0.3 is 0 Å². The minimum atomic E-state index is 0.275. The Labute approximate surface area is 108 Å². The van der Waals surface area contributed by atoms with Crippen LogP contribution in [0.3, 0.4) is 0 Å². The summed E-state index contributed by atoms with van der Waals surface area (Å²) in [6, 6.07) is 4.23. The van der Waals surface area contributed by atoms with E-state index in [0.717, 1.165) is 37.4 Å². The normalized spacial score (nSPS) is 12.8. The van der Waals surface area contributed by atoms with E-state index in [2.05, 4.69) is 28.0 Å². The van der Waals surface area contributed by atoms with Gasteiger partial charge in [0.1, 0.15) is 11.6 Å². The average molecular weight is 247 g/mol. The molecule has 0 amide bonds. The van der Waals surface area contributed by atoms with Crippen LogP contribution in [-0.2, 0) is 13.0 Å². The fourth-order valence-corrected chi connectivity index (χ4v) is 2.20. The summed E-state index contributed by atoms with van der Waals surface area (Å²) in [6.45, 7) is 3.20. The lowest BCUT2D eigenvalue weighted by Crippen LogP contribution is -2.21. The van der Waals surface area contributed by atoms with Crippen LogP contribution >= 0.6 is 0 Å². The highest BCUT2D eigenvalue weighted by molar-refractivity contribution is 5.03. The first-order valence-electron chi connectivity index (χ1n) is 6.55. The van der Waals surface area contributed by atoms with Gasteiger partial charge in [0.15, 0.2) is 0 Å². The van der Waals surface area contributed by atoms with E-state index in [1.54, 1.807) is 6.26 Å². The maximum absolute atomic E-state index is 5.37. The van der Waals surface area contributed by atoms with E-state index in [-0.39, 0.29) is 6.04 Å². The second-order valence-electron chi connectivity index (χ2n) is 4.44. The Morgan fingerprint density at radius 3 is 3.06 bits per heavy atom. The average Bonchev–Trinajstić information content (AvgIpc) is 3.02. The molecule has 98 valence electrons. The van der Waals surface area contributed by atoms with E-state index in [0.29, 0.717) is 0 Å². The third kappa shape index (κ3) is 3.01. The van der Waals surface area contributed by atoms with Crippen molar-refractivity contribution in [2.24, 2.45) is 0 Å². The number of hydrogen-bond acceptors (Lipinski definition) is 3. The highest BCUT2D eigenvalue weighted by Gasteiger charge is 2.15. The molecule has 0 aromatic carbocycles. The first-order valence-corrected chi connectivity index (χ1v) is 6.55. The number of nitrogens with zero attached hydrogens (tertiary/aromatic N) is 2. The smallest absolute Gasteiger partial charge is 0.125 e. The fourth-order valence-electron chi connectivity index (χ4n) is 2.20. The molecule has 1 N–H and O–H groups in total. The summed E-state index contributed by atoms with van der Waals surface area (Å²) < 4.78 is 7.59. The number of rotatable bonds is 7. The molecule has 2 rings (SSSR count). The lowest BCUT2D eigenvalue weighted by atomic mass is 10.1. The van der Waals surface area contributed by atoms with Crippen LogP contribution < -0.4 is 5.32 Å². The number of aryl methyl sites for hydroxylation is 2. The van der Waals surface area contributed by atoms with Crippen molar-refractivity contribution in [3.8, 4) is 0 Å². The van der Waals surface area contributed by atoms with Gasteiger partial charge < -0.3 is 14.3 Å². The van der Waals surface area contributed by atoms with E-state index in [4.69, 9.17) is 4.42 Å². The molecule has 0 aliphatic heterocycles. The molecular weight excluding hydrogens is 226 g/mol. The highest BCUT2D eigenvalue weighted by Crippen LogP contribution is 2.18. The van der Waals surface area contributed by atoms with Gasteiger partial charge in [-0.05, 0) is 32.0 Å². The van der Waals surface area contributed by atoms with Crippen LogP contribution in [0, 0.1) is 0 Å². The van der Waals surface area contributed by atoms with Crippen LogP contribution in [0.4, 0.5) is 0 Å². The minimum Gasteiger partial charge on any atom is -0.469 e. The summed E-state index contributed by atoms with van der Waals surface area (Å²) in [7, 11) is 1.98. The van der Waals surface area contributed by atoms with Crippen molar-refractivity contribution in [1.82, 2.24) is 14.9 Å². The fraction of sp³-hybridized carbons (Fsp3) is 0.500. The Morgan fingerprint density at radius 1 is 1.50 bits per heavy atom. The standard InChI is InChI=1S/C14H21N3O/c1-3-9-17-10-8-16-14(17)13(15-2)7-6-12-5-4-11-18-12/h4-5,8,10-11,13,15H,3,6-7,9H2,1-2H3. The van der Waals surface area contributed by atoms with Crippen molar-refractivity contribution < 1.29 is 4.42 Å². The van der Waals surface area contributed by atoms with Crippen molar-refractivity contribution in [2.75, 3.05) is 7.05 Å². The summed E-state index contributed by atoms with van der Waals surface area (Å²) in [5.41, 5.74) is 0. The minimum absolute atomic E-state index is 0.275. The van der Waals surface area contributed by atoms with Gasteiger partial charge in [-0.1, -0.05) is 6.92 Å². The number of nitrogens with one attached hydrogen (secondary N) is 1. The molecule has 1 atom stereocenters. The van der Waals surface area contributed by atoms with Crippen molar-refractivity contribution in [1.29, 1.82) is 0 Å². The molecule has 0 fully saturated rings. The van der Waals surface area contributed by atoms with Gasteiger partial charge in [0.05, 0.1) is 12.3 Å². The van der Waals surface area contributed by atoms with Gasteiger partial charge in [0.2, 0.25) is 0 Å². The van der Waals surface area contributed by atoms with Gasteiger partial charge in [0, 0.05) is 25.4 Å². The van der Waals surface area contributed by atoms with E-state index >= 15 is 0 Å². The third-order valence-corrected chi connectivity index (χ3v) is 3.13. The number of imidazole rings is 1. The molecule has 0 spiro atoms. The Balaban J connectivity index is 2.01. The van der Waals surface area contributed by atoms with Gasteiger partial charge in [-0.2, -0.15) is 0 Å². The molecule has 1 unspecified atom stereocenters. The predicted molar refractivity (Wildman–Crippen MR) is 71.3 cm³/mol. The number of aromatic nitrogens is 2. The van der Waals surface area contributed by atoms with Crippen molar-refractivity contribution >= 4 is 0 Å². The maximum Gasteiger partial charge on any atom is 0.125 e. The van der Waals surface area contributed by atoms with E-state index < -0.39 is 0 Å². The summed E-state index contributed by atoms with van der Waals surface area (Å²) >= 11 is 0. The SMILES string of the molecule is CCCn1ccnc1C(CCc1ccco1)NC. The lowest BCUT2D eigenvalue weighted by molar-refractivity contribution is 0.447. The van der Waals surface area contributed by atoms with Gasteiger partial charge in [-0.25, -0.2) is 4.98 Å². The molecule has 0 aliphatic carbocycles. The summed E-state index contributed by atoms with van der Waals surface area (Å²) in [6.07, 6.45) is 8.69. The van der Waals surface area contributed by atoms with E-state index in [1.807, 2.05) is 25.4 Å². The molecule has 0 saturated carbocycles. The van der Waals surface area contributed by atoms with Crippen LogP contribution in [0.25, 0.3) is 0 Å². The van der Waals surface area contributed by atoms with Crippen molar-refractivity contribution in [3.05, 3.63) is 42.4 Å². The molecule has 4 nitrogen and oxygen atoms in total. The number of hydrogen-bond donors (Lipinski definition) is 1. The van der Waals surface area contributed by atoms with Crippen LogP contribution in [0.1, 0.15) is 37.4 Å². The third-order valence-electron chi connectivity index (χ3n) is 3.13. The monoisotopic (exact) mass is 247 g/mol. The molecular formula is C14H21N3O. The highest BCUT2D eigenvalue weighted by atomic mass is 16.3. The molecule has 0 bridgehead atoms. The van der Waals surface area contributed by atoms with Crippen molar-refractivity contribution in [3.63, 3.8) is 0 Å². The Hall–Kier alpha value is -1.55. The Bertz CT molecular complexity index is 447. The molecule has 0 radical (unpaired) electrons. The summed E-state index contributed by atoms with van der Waals surface area (Å²) in [5, 5.41) is 3.34. The van der Waals surface area contributed by atoms with Crippen LogP contribution in [0.5, 0.6) is 0 Å². The largest absolute Gasteiger partial charge is 0.469 e. The summed E-state index contributed by atoms with van der Waals surface area (Å²) in [4.78, 5) is 4.48.